The quantitative estimate of drug-likeness (QED) is 0.723. The Morgan fingerprint density at radius 1 is 1.62 bits per heavy atom. The monoisotopic (exact) mass is 185 g/mol. The van der Waals surface area contributed by atoms with Crippen LogP contribution in [-0.2, 0) is 4.79 Å². The molecule has 76 valence electrons. The second kappa shape index (κ2) is 3.66. The summed E-state index contributed by atoms with van der Waals surface area (Å²) in [6.45, 7) is 5.79. The molecule has 1 rings (SSSR count). The molecule has 1 N–H and O–H groups in total. The van der Waals surface area contributed by atoms with Crippen LogP contribution in [0, 0.1) is 11.3 Å². The average molecular weight is 185 g/mol. The molecule has 0 aromatic carbocycles. The van der Waals surface area contributed by atoms with Gasteiger partial charge in [-0.1, -0.05) is 0 Å². The number of carboxylic acids is 1. The molecule has 0 aliphatic carbocycles. The fourth-order valence-corrected chi connectivity index (χ4v) is 2.00. The molecule has 1 saturated heterocycles. The Morgan fingerprint density at radius 2 is 2.23 bits per heavy atom. The third-order valence-corrected chi connectivity index (χ3v) is 2.87. The van der Waals surface area contributed by atoms with Gasteiger partial charge in [0.1, 0.15) is 0 Å². The third-order valence-electron chi connectivity index (χ3n) is 2.87. The van der Waals surface area contributed by atoms with Gasteiger partial charge in [-0.3, -0.25) is 4.79 Å². The first-order valence-corrected chi connectivity index (χ1v) is 4.84. The third kappa shape index (κ3) is 2.69. The van der Waals surface area contributed by atoms with E-state index in [-0.39, 0.29) is 0 Å². The normalized spacial score (nSPS) is 25.0. The molecule has 0 aromatic rings. The maximum atomic E-state index is 10.9. The number of nitrogens with zero attached hydrogens (tertiary/aromatic N) is 1. The SMILES string of the molecule is CN1CCC(CC(C)(C)C(=O)O)C1. The standard InChI is InChI=1S/C10H19NO2/c1-10(2,9(12)13)6-8-4-5-11(3)7-8/h8H,4-7H2,1-3H3,(H,12,13). The van der Waals surface area contributed by atoms with Gasteiger partial charge in [-0.2, -0.15) is 0 Å². The van der Waals surface area contributed by atoms with Crippen molar-refractivity contribution in [3.8, 4) is 0 Å². The van der Waals surface area contributed by atoms with Crippen molar-refractivity contribution < 1.29 is 9.90 Å². The van der Waals surface area contributed by atoms with E-state index >= 15 is 0 Å². The summed E-state index contributed by atoms with van der Waals surface area (Å²) in [5.74, 6) is -0.113. The Balaban J connectivity index is 2.44. The first kappa shape index (κ1) is 10.5. The number of hydrogen-bond donors (Lipinski definition) is 1. The van der Waals surface area contributed by atoms with Crippen LogP contribution in [-0.4, -0.2) is 36.1 Å². The molecule has 3 nitrogen and oxygen atoms in total. The minimum absolute atomic E-state index is 0.560. The van der Waals surface area contributed by atoms with E-state index in [1.165, 1.54) is 0 Å². The van der Waals surface area contributed by atoms with Gasteiger partial charge in [0, 0.05) is 6.54 Å². The predicted molar refractivity (Wildman–Crippen MR) is 51.6 cm³/mol. The van der Waals surface area contributed by atoms with Gasteiger partial charge < -0.3 is 10.0 Å². The van der Waals surface area contributed by atoms with Crippen LogP contribution in [0.2, 0.25) is 0 Å². The van der Waals surface area contributed by atoms with E-state index in [4.69, 9.17) is 5.11 Å². The fraction of sp³-hybridized carbons (Fsp3) is 0.900. The molecule has 0 amide bonds. The van der Waals surface area contributed by atoms with Crippen LogP contribution in [0.1, 0.15) is 26.7 Å². The molecule has 1 aliphatic rings. The lowest BCUT2D eigenvalue weighted by molar-refractivity contribution is -0.147. The van der Waals surface area contributed by atoms with Crippen LogP contribution in [0.3, 0.4) is 0 Å². The Bertz CT molecular complexity index is 201. The zero-order valence-electron chi connectivity index (χ0n) is 8.71. The van der Waals surface area contributed by atoms with Crippen molar-refractivity contribution in [1.82, 2.24) is 4.90 Å². The maximum absolute atomic E-state index is 10.9. The summed E-state index contributed by atoms with van der Waals surface area (Å²) in [5, 5.41) is 8.95. The highest BCUT2D eigenvalue weighted by atomic mass is 16.4. The lowest BCUT2D eigenvalue weighted by Crippen LogP contribution is -2.27. The Morgan fingerprint density at radius 3 is 2.62 bits per heavy atom. The van der Waals surface area contributed by atoms with Gasteiger partial charge in [0.25, 0.3) is 0 Å². The van der Waals surface area contributed by atoms with Crippen molar-refractivity contribution in [2.24, 2.45) is 11.3 Å². The molecule has 1 aliphatic heterocycles. The second-order valence-electron chi connectivity index (χ2n) is 4.81. The summed E-state index contributed by atoms with van der Waals surface area (Å²) in [6.07, 6.45) is 1.94. The van der Waals surface area contributed by atoms with Gasteiger partial charge in [0.05, 0.1) is 5.41 Å². The average Bonchev–Trinajstić information content (AvgIpc) is 2.34. The van der Waals surface area contributed by atoms with E-state index < -0.39 is 11.4 Å². The highest BCUT2D eigenvalue weighted by Gasteiger charge is 2.32. The Kier molecular flexibility index (Phi) is 2.96. The number of carboxylic acid groups (broad SMARTS) is 1. The second-order valence-corrected chi connectivity index (χ2v) is 4.81. The minimum atomic E-state index is -0.679. The topological polar surface area (TPSA) is 40.5 Å². The molecular weight excluding hydrogens is 166 g/mol. The summed E-state index contributed by atoms with van der Waals surface area (Å²) in [6, 6.07) is 0. The van der Waals surface area contributed by atoms with Crippen molar-refractivity contribution in [1.29, 1.82) is 0 Å². The largest absolute Gasteiger partial charge is 0.481 e. The number of rotatable bonds is 3. The van der Waals surface area contributed by atoms with Gasteiger partial charge in [0.2, 0.25) is 0 Å². The summed E-state index contributed by atoms with van der Waals surface area (Å²) < 4.78 is 0. The van der Waals surface area contributed by atoms with Gasteiger partial charge in [-0.15, -0.1) is 0 Å². The molecule has 3 heteroatoms. The first-order chi connectivity index (χ1) is 5.92. The van der Waals surface area contributed by atoms with Crippen molar-refractivity contribution in [2.45, 2.75) is 26.7 Å². The molecule has 0 radical (unpaired) electrons. The van der Waals surface area contributed by atoms with Crippen LogP contribution >= 0.6 is 0 Å². The van der Waals surface area contributed by atoms with E-state index in [9.17, 15) is 4.79 Å². The molecular formula is C10H19NO2. The zero-order valence-corrected chi connectivity index (χ0v) is 8.71. The van der Waals surface area contributed by atoms with E-state index in [0.29, 0.717) is 5.92 Å². The predicted octanol–water partition coefficient (Wildman–Crippen LogP) is 1.44. The van der Waals surface area contributed by atoms with Crippen molar-refractivity contribution in [2.75, 3.05) is 20.1 Å². The number of likely N-dealkylation sites (tertiary alicyclic amines) is 1. The summed E-state index contributed by atoms with van der Waals surface area (Å²) in [7, 11) is 2.09. The van der Waals surface area contributed by atoms with E-state index in [1.54, 1.807) is 0 Å². The van der Waals surface area contributed by atoms with Gasteiger partial charge >= 0.3 is 5.97 Å². The molecule has 0 spiro atoms. The van der Waals surface area contributed by atoms with E-state index in [1.807, 2.05) is 13.8 Å². The van der Waals surface area contributed by atoms with Crippen LogP contribution < -0.4 is 0 Å². The Hall–Kier alpha value is -0.570. The summed E-state index contributed by atoms with van der Waals surface area (Å²) in [5.41, 5.74) is -0.560. The zero-order chi connectivity index (χ0) is 10.1. The molecule has 1 heterocycles. The van der Waals surface area contributed by atoms with Crippen molar-refractivity contribution >= 4 is 5.97 Å². The first-order valence-electron chi connectivity index (χ1n) is 4.84. The number of aliphatic carboxylic acids is 1. The maximum Gasteiger partial charge on any atom is 0.309 e. The van der Waals surface area contributed by atoms with Crippen LogP contribution in [0.4, 0.5) is 0 Å². The fourth-order valence-electron chi connectivity index (χ4n) is 2.00. The molecule has 0 aromatic heterocycles. The number of hydrogen-bond acceptors (Lipinski definition) is 2. The molecule has 0 bridgehead atoms. The summed E-state index contributed by atoms with van der Waals surface area (Å²) >= 11 is 0. The van der Waals surface area contributed by atoms with E-state index in [0.717, 1.165) is 25.9 Å². The van der Waals surface area contributed by atoms with Gasteiger partial charge in [-0.05, 0) is 46.2 Å². The Labute approximate surface area is 79.7 Å². The molecule has 13 heavy (non-hydrogen) atoms. The number of carbonyl (C=O) groups is 1. The van der Waals surface area contributed by atoms with Gasteiger partial charge in [-0.25, -0.2) is 0 Å². The molecule has 0 saturated carbocycles. The van der Waals surface area contributed by atoms with Crippen LogP contribution in [0.25, 0.3) is 0 Å². The van der Waals surface area contributed by atoms with Crippen LogP contribution in [0.5, 0.6) is 0 Å². The molecule has 1 fully saturated rings. The molecule has 1 unspecified atom stereocenters. The van der Waals surface area contributed by atoms with Crippen molar-refractivity contribution in [3.05, 3.63) is 0 Å². The van der Waals surface area contributed by atoms with Gasteiger partial charge in [0.15, 0.2) is 0 Å². The van der Waals surface area contributed by atoms with E-state index in [2.05, 4.69) is 11.9 Å². The van der Waals surface area contributed by atoms with Crippen LogP contribution in [0.15, 0.2) is 0 Å². The lowest BCUT2D eigenvalue weighted by atomic mass is 9.82. The lowest BCUT2D eigenvalue weighted by Gasteiger charge is -2.22. The highest BCUT2D eigenvalue weighted by Crippen LogP contribution is 2.30. The highest BCUT2D eigenvalue weighted by molar-refractivity contribution is 5.73. The molecule has 1 atom stereocenters. The summed E-state index contributed by atoms with van der Waals surface area (Å²) in [4.78, 5) is 13.1. The van der Waals surface area contributed by atoms with Crippen molar-refractivity contribution in [3.63, 3.8) is 0 Å². The minimum Gasteiger partial charge on any atom is -0.481 e. The smallest absolute Gasteiger partial charge is 0.309 e.